The van der Waals surface area contributed by atoms with E-state index in [0.29, 0.717) is 18.8 Å². The average molecular weight is 290 g/mol. The van der Waals surface area contributed by atoms with Gasteiger partial charge in [-0.3, -0.25) is 0 Å². The third kappa shape index (κ3) is 4.12. The Morgan fingerprint density at radius 3 is 2.25 bits per heavy atom. The summed E-state index contributed by atoms with van der Waals surface area (Å²) in [7, 11) is 5.39. The minimum atomic E-state index is -4.69. The predicted molar refractivity (Wildman–Crippen MR) is 70.2 cm³/mol. The number of aromatic carboxylic acids is 1. The van der Waals surface area contributed by atoms with E-state index in [1.54, 1.807) is 11.9 Å². The molecule has 4 nitrogen and oxygen atoms in total. The summed E-state index contributed by atoms with van der Waals surface area (Å²) in [6.07, 6.45) is -4.69. The van der Waals surface area contributed by atoms with Crippen LogP contribution in [-0.2, 0) is 6.18 Å². The number of halogens is 3. The van der Waals surface area contributed by atoms with Crippen molar-refractivity contribution in [2.45, 2.75) is 6.18 Å². The maximum atomic E-state index is 12.9. The van der Waals surface area contributed by atoms with Crippen LogP contribution in [0.25, 0.3) is 0 Å². The molecule has 0 saturated carbocycles. The first-order valence-corrected chi connectivity index (χ1v) is 5.93. The highest BCUT2D eigenvalue weighted by Crippen LogP contribution is 2.34. The molecule has 20 heavy (non-hydrogen) atoms. The first kappa shape index (κ1) is 16.3. The van der Waals surface area contributed by atoms with Crippen LogP contribution in [0.1, 0.15) is 15.9 Å². The summed E-state index contributed by atoms with van der Waals surface area (Å²) >= 11 is 0. The number of hydrogen-bond acceptors (Lipinski definition) is 3. The van der Waals surface area contributed by atoms with Crippen LogP contribution in [0.3, 0.4) is 0 Å². The van der Waals surface area contributed by atoms with Gasteiger partial charge in [-0.1, -0.05) is 0 Å². The summed E-state index contributed by atoms with van der Waals surface area (Å²) in [4.78, 5) is 14.4. The Kier molecular flexibility index (Phi) is 4.99. The van der Waals surface area contributed by atoms with Gasteiger partial charge in [0, 0.05) is 25.8 Å². The van der Waals surface area contributed by atoms with Crippen LogP contribution in [0, 0.1) is 0 Å². The minimum Gasteiger partial charge on any atom is -0.478 e. The lowest BCUT2D eigenvalue weighted by Gasteiger charge is -2.23. The Hall–Kier alpha value is -1.76. The van der Waals surface area contributed by atoms with E-state index in [2.05, 4.69) is 0 Å². The maximum absolute atomic E-state index is 12.9. The Morgan fingerprint density at radius 2 is 1.80 bits per heavy atom. The van der Waals surface area contributed by atoms with Crippen molar-refractivity contribution in [1.29, 1.82) is 0 Å². The van der Waals surface area contributed by atoms with Gasteiger partial charge >= 0.3 is 12.1 Å². The zero-order valence-corrected chi connectivity index (χ0v) is 11.5. The van der Waals surface area contributed by atoms with Crippen molar-refractivity contribution in [3.63, 3.8) is 0 Å². The lowest BCUT2D eigenvalue weighted by Crippen LogP contribution is -2.28. The number of likely N-dealkylation sites (N-methyl/N-ethyl adjacent to an activating group) is 2. The second-order valence-corrected chi connectivity index (χ2v) is 4.76. The molecule has 0 saturated heterocycles. The molecule has 1 aromatic carbocycles. The van der Waals surface area contributed by atoms with E-state index in [1.807, 2.05) is 19.0 Å². The third-order valence-corrected chi connectivity index (χ3v) is 2.86. The Labute approximate surface area is 115 Å². The largest absolute Gasteiger partial charge is 0.478 e. The fourth-order valence-electron chi connectivity index (χ4n) is 1.67. The average Bonchev–Trinajstić information content (AvgIpc) is 2.33. The summed E-state index contributed by atoms with van der Waals surface area (Å²) in [5.41, 5.74) is -1.52. The van der Waals surface area contributed by atoms with Crippen LogP contribution in [0.5, 0.6) is 0 Å². The van der Waals surface area contributed by atoms with Gasteiger partial charge in [-0.25, -0.2) is 4.79 Å². The SMILES string of the molecule is CN(C)CCN(C)c1ccc(C(=O)O)c(C(F)(F)F)c1. The van der Waals surface area contributed by atoms with Gasteiger partial charge in [0.25, 0.3) is 0 Å². The fraction of sp³-hybridized carbons (Fsp3) is 0.462. The molecule has 0 atom stereocenters. The molecule has 1 N–H and O–H groups in total. The van der Waals surface area contributed by atoms with Crippen molar-refractivity contribution in [2.24, 2.45) is 0 Å². The van der Waals surface area contributed by atoms with E-state index in [0.717, 1.165) is 12.1 Å². The normalized spacial score (nSPS) is 11.8. The third-order valence-electron chi connectivity index (χ3n) is 2.86. The molecule has 112 valence electrons. The van der Waals surface area contributed by atoms with Gasteiger partial charge in [-0.2, -0.15) is 13.2 Å². The van der Waals surface area contributed by atoms with Gasteiger partial charge in [-0.15, -0.1) is 0 Å². The Morgan fingerprint density at radius 1 is 1.20 bits per heavy atom. The first-order chi connectivity index (χ1) is 9.12. The fourth-order valence-corrected chi connectivity index (χ4v) is 1.67. The summed E-state index contributed by atoms with van der Waals surface area (Å²) in [6, 6.07) is 3.25. The summed E-state index contributed by atoms with van der Waals surface area (Å²) in [5, 5.41) is 8.81. The van der Waals surface area contributed by atoms with Crippen molar-refractivity contribution in [1.82, 2.24) is 4.90 Å². The lowest BCUT2D eigenvalue weighted by atomic mass is 10.1. The van der Waals surface area contributed by atoms with E-state index in [4.69, 9.17) is 5.11 Å². The van der Waals surface area contributed by atoms with Crippen LogP contribution in [-0.4, -0.2) is 50.2 Å². The summed E-state index contributed by atoms with van der Waals surface area (Å²) in [6.45, 7) is 1.22. The van der Waals surface area contributed by atoms with Gasteiger partial charge in [0.15, 0.2) is 0 Å². The van der Waals surface area contributed by atoms with Crippen LogP contribution >= 0.6 is 0 Å². The number of carboxylic acid groups (broad SMARTS) is 1. The van der Waals surface area contributed by atoms with Crippen LogP contribution in [0.15, 0.2) is 18.2 Å². The second kappa shape index (κ2) is 6.13. The number of hydrogen-bond donors (Lipinski definition) is 1. The molecule has 7 heteroatoms. The molecule has 1 rings (SSSR count). The molecule has 0 spiro atoms. The standard InChI is InChI=1S/C13H17F3N2O2/c1-17(2)6-7-18(3)9-4-5-10(12(19)20)11(8-9)13(14,15)16/h4-5,8H,6-7H2,1-3H3,(H,19,20). The van der Waals surface area contributed by atoms with E-state index in [-0.39, 0.29) is 0 Å². The maximum Gasteiger partial charge on any atom is 0.417 e. The summed E-state index contributed by atoms with van der Waals surface area (Å²) < 4.78 is 38.6. The molecule has 0 heterocycles. The number of carbonyl (C=O) groups is 1. The second-order valence-electron chi connectivity index (χ2n) is 4.76. The number of benzene rings is 1. The Balaban J connectivity index is 3.10. The number of anilines is 1. The quantitative estimate of drug-likeness (QED) is 0.904. The highest BCUT2D eigenvalue weighted by atomic mass is 19.4. The monoisotopic (exact) mass is 290 g/mol. The topological polar surface area (TPSA) is 43.8 Å². The molecule has 0 bridgehead atoms. The van der Waals surface area contributed by atoms with Crippen LogP contribution in [0.2, 0.25) is 0 Å². The molecule has 0 aliphatic carbocycles. The highest BCUT2D eigenvalue weighted by Gasteiger charge is 2.35. The van der Waals surface area contributed by atoms with E-state index < -0.39 is 23.3 Å². The molecule has 1 aromatic rings. The van der Waals surface area contributed by atoms with E-state index >= 15 is 0 Å². The van der Waals surface area contributed by atoms with Gasteiger partial charge in [0.05, 0.1) is 11.1 Å². The Bertz CT molecular complexity index is 487. The van der Waals surface area contributed by atoms with Gasteiger partial charge in [-0.05, 0) is 32.3 Å². The molecule has 0 unspecified atom stereocenters. The first-order valence-electron chi connectivity index (χ1n) is 5.93. The zero-order valence-electron chi connectivity index (χ0n) is 11.5. The van der Waals surface area contributed by atoms with Crippen molar-refractivity contribution in [3.05, 3.63) is 29.3 Å². The highest BCUT2D eigenvalue weighted by molar-refractivity contribution is 5.90. The predicted octanol–water partition coefficient (Wildman–Crippen LogP) is 2.40. The van der Waals surface area contributed by atoms with Crippen LogP contribution in [0.4, 0.5) is 18.9 Å². The van der Waals surface area contributed by atoms with E-state index in [9.17, 15) is 18.0 Å². The molecule has 0 aromatic heterocycles. The number of rotatable bonds is 5. The molecular weight excluding hydrogens is 273 g/mol. The molecule has 0 aliphatic rings. The molecule has 0 fully saturated rings. The molecular formula is C13H17F3N2O2. The lowest BCUT2D eigenvalue weighted by molar-refractivity contribution is -0.138. The molecule has 0 radical (unpaired) electrons. The van der Waals surface area contributed by atoms with Gasteiger partial charge in [0.1, 0.15) is 0 Å². The zero-order chi connectivity index (χ0) is 15.5. The number of carboxylic acids is 1. The minimum absolute atomic E-state index is 0.337. The van der Waals surface area contributed by atoms with Crippen molar-refractivity contribution >= 4 is 11.7 Å². The summed E-state index contributed by atoms with van der Waals surface area (Å²) in [5.74, 6) is -1.58. The van der Waals surface area contributed by atoms with E-state index in [1.165, 1.54) is 6.07 Å². The van der Waals surface area contributed by atoms with Crippen molar-refractivity contribution < 1.29 is 23.1 Å². The molecule has 0 aliphatic heterocycles. The van der Waals surface area contributed by atoms with Gasteiger partial charge < -0.3 is 14.9 Å². The molecule has 0 amide bonds. The number of alkyl halides is 3. The van der Waals surface area contributed by atoms with Crippen LogP contribution < -0.4 is 4.90 Å². The number of nitrogens with zero attached hydrogens (tertiary/aromatic N) is 2. The van der Waals surface area contributed by atoms with Crippen molar-refractivity contribution in [3.8, 4) is 0 Å². The van der Waals surface area contributed by atoms with Gasteiger partial charge in [0.2, 0.25) is 0 Å². The van der Waals surface area contributed by atoms with Crippen molar-refractivity contribution in [2.75, 3.05) is 39.1 Å². The smallest absolute Gasteiger partial charge is 0.417 e.